The maximum absolute atomic E-state index is 5.56. The van der Waals surface area contributed by atoms with Crippen molar-refractivity contribution in [2.24, 2.45) is 5.92 Å². The molecule has 0 radical (unpaired) electrons. The summed E-state index contributed by atoms with van der Waals surface area (Å²) in [6.45, 7) is 3.58. The summed E-state index contributed by atoms with van der Waals surface area (Å²) in [5.41, 5.74) is 1.25. The van der Waals surface area contributed by atoms with Gasteiger partial charge in [0.05, 0.1) is 27.4 Å². The lowest BCUT2D eigenvalue weighted by atomic mass is 9.99. The molecule has 1 unspecified atom stereocenters. The monoisotopic (exact) mass is 251 g/mol. The van der Waals surface area contributed by atoms with Crippen molar-refractivity contribution >= 4 is 0 Å². The Kier molecular flexibility index (Phi) is 4.84. The normalized spacial score (nSPS) is 20.2. The predicted octanol–water partition coefficient (Wildman–Crippen LogP) is 1.48. The lowest BCUT2D eigenvalue weighted by Crippen LogP contribution is -2.24. The molecule has 1 saturated heterocycles. The highest BCUT2D eigenvalue weighted by Gasteiger charge is 2.14. The van der Waals surface area contributed by atoms with Gasteiger partial charge in [-0.05, 0) is 30.0 Å². The number of ether oxygens (including phenoxy) is 3. The number of hydrogen-bond donors (Lipinski definition) is 1. The van der Waals surface area contributed by atoms with Crippen LogP contribution in [0.25, 0.3) is 0 Å². The molecule has 1 aliphatic heterocycles. The molecular weight excluding hydrogens is 230 g/mol. The minimum absolute atomic E-state index is 0.519. The van der Waals surface area contributed by atoms with E-state index in [4.69, 9.17) is 14.2 Å². The number of benzene rings is 1. The Balaban J connectivity index is 2.03. The van der Waals surface area contributed by atoms with Crippen molar-refractivity contribution in [2.45, 2.75) is 6.42 Å². The van der Waals surface area contributed by atoms with E-state index in [0.717, 1.165) is 44.2 Å². The first-order chi connectivity index (χ1) is 8.83. The van der Waals surface area contributed by atoms with Crippen LogP contribution in [0.5, 0.6) is 11.5 Å². The molecule has 1 N–H and O–H groups in total. The summed E-state index contributed by atoms with van der Waals surface area (Å²) in [7, 11) is 3.32. The molecule has 2 rings (SSSR count). The molecular formula is C14H21NO3. The van der Waals surface area contributed by atoms with Crippen molar-refractivity contribution in [3.05, 3.63) is 23.8 Å². The van der Waals surface area contributed by atoms with E-state index >= 15 is 0 Å². The van der Waals surface area contributed by atoms with Crippen LogP contribution in [-0.4, -0.2) is 40.5 Å². The SMILES string of the molecule is COc1ccc(CC2CNCCOC2)cc1OC. The maximum Gasteiger partial charge on any atom is 0.160 e. The molecule has 0 spiro atoms. The van der Waals surface area contributed by atoms with Gasteiger partial charge in [0, 0.05) is 13.1 Å². The highest BCUT2D eigenvalue weighted by molar-refractivity contribution is 5.43. The Morgan fingerprint density at radius 3 is 2.89 bits per heavy atom. The molecule has 1 heterocycles. The lowest BCUT2D eigenvalue weighted by Gasteiger charge is -2.15. The van der Waals surface area contributed by atoms with Gasteiger partial charge in [0.2, 0.25) is 0 Å². The number of methoxy groups -OCH3 is 2. The second-order valence-corrected chi connectivity index (χ2v) is 4.54. The molecule has 0 amide bonds. The molecule has 0 saturated carbocycles. The summed E-state index contributed by atoms with van der Waals surface area (Å²) in [5.74, 6) is 2.08. The van der Waals surface area contributed by atoms with Crippen LogP contribution in [-0.2, 0) is 11.2 Å². The smallest absolute Gasteiger partial charge is 0.160 e. The number of rotatable bonds is 4. The van der Waals surface area contributed by atoms with Gasteiger partial charge in [-0.15, -0.1) is 0 Å². The molecule has 1 aliphatic rings. The fourth-order valence-corrected chi connectivity index (χ4v) is 2.23. The van der Waals surface area contributed by atoms with E-state index in [1.54, 1.807) is 14.2 Å². The Labute approximate surface area is 108 Å². The largest absolute Gasteiger partial charge is 0.493 e. The first-order valence-electron chi connectivity index (χ1n) is 6.33. The van der Waals surface area contributed by atoms with E-state index in [9.17, 15) is 0 Å². The van der Waals surface area contributed by atoms with Crippen molar-refractivity contribution in [1.29, 1.82) is 0 Å². The molecule has 100 valence electrons. The molecule has 4 nitrogen and oxygen atoms in total. The third-order valence-electron chi connectivity index (χ3n) is 3.18. The van der Waals surface area contributed by atoms with Crippen LogP contribution in [0.1, 0.15) is 5.56 Å². The van der Waals surface area contributed by atoms with Crippen molar-refractivity contribution in [1.82, 2.24) is 5.32 Å². The Hall–Kier alpha value is -1.26. The van der Waals surface area contributed by atoms with Gasteiger partial charge in [-0.3, -0.25) is 0 Å². The van der Waals surface area contributed by atoms with Crippen molar-refractivity contribution in [2.75, 3.05) is 40.5 Å². The molecule has 0 aromatic heterocycles. The van der Waals surface area contributed by atoms with Crippen LogP contribution in [0.4, 0.5) is 0 Å². The van der Waals surface area contributed by atoms with E-state index in [-0.39, 0.29) is 0 Å². The average Bonchev–Trinajstić information content (AvgIpc) is 2.67. The molecule has 1 atom stereocenters. The van der Waals surface area contributed by atoms with E-state index in [2.05, 4.69) is 11.4 Å². The van der Waals surface area contributed by atoms with Crippen molar-refractivity contribution in [3.63, 3.8) is 0 Å². The minimum atomic E-state index is 0.519. The third kappa shape index (κ3) is 3.37. The Morgan fingerprint density at radius 2 is 2.11 bits per heavy atom. The topological polar surface area (TPSA) is 39.7 Å². The average molecular weight is 251 g/mol. The van der Waals surface area contributed by atoms with Gasteiger partial charge in [-0.25, -0.2) is 0 Å². The molecule has 4 heteroatoms. The van der Waals surface area contributed by atoms with E-state index in [1.807, 2.05) is 12.1 Å². The molecule has 0 aliphatic carbocycles. The van der Waals surface area contributed by atoms with Gasteiger partial charge in [0.15, 0.2) is 11.5 Å². The fourth-order valence-electron chi connectivity index (χ4n) is 2.23. The summed E-state index contributed by atoms with van der Waals surface area (Å²) in [6.07, 6.45) is 0.993. The molecule has 0 bridgehead atoms. The number of nitrogens with one attached hydrogen (secondary N) is 1. The second kappa shape index (κ2) is 6.61. The first-order valence-corrected chi connectivity index (χ1v) is 6.33. The fraction of sp³-hybridized carbons (Fsp3) is 0.571. The third-order valence-corrected chi connectivity index (χ3v) is 3.18. The zero-order chi connectivity index (χ0) is 12.8. The molecule has 1 aromatic rings. The lowest BCUT2D eigenvalue weighted by molar-refractivity contribution is 0.123. The van der Waals surface area contributed by atoms with Crippen LogP contribution in [0, 0.1) is 5.92 Å². The summed E-state index contributed by atoms with van der Waals surface area (Å²) in [6, 6.07) is 6.09. The van der Waals surface area contributed by atoms with Gasteiger partial charge >= 0.3 is 0 Å². The summed E-state index contributed by atoms with van der Waals surface area (Å²) < 4.78 is 16.1. The maximum atomic E-state index is 5.56. The van der Waals surface area contributed by atoms with Gasteiger partial charge < -0.3 is 19.5 Å². The molecule has 1 aromatic carbocycles. The summed E-state index contributed by atoms with van der Waals surface area (Å²) >= 11 is 0. The highest BCUT2D eigenvalue weighted by atomic mass is 16.5. The highest BCUT2D eigenvalue weighted by Crippen LogP contribution is 2.28. The van der Waals surface area contributed by atoms with Crippen LogP contribution in [0.2, 0.25) is 0 Å². The van der Waals surface area contributed by atoms with Crippen molar-refractivity contribution < 1.29 is 14.2 Å². The Bertz CT molecular complexity index is 373. The van der Waals surface area contributed by atoms with E-state index in [1.165, 1.54) is 5.56 Å². The molecule has 1 fully saturated rings. The van der Waals surface area contributed by atoms with Gasteiger partial charge in [0.1, 0.15) is 0 Å². The van der Waals surface area contributed by atoms with E-state index in [0.29, 0.717) is 5.92 Å². The van der Waals surface area contributed by atoms with Gasteiger partial charge in [0.25, 0.3) is 0 Å². The quantitative estimate of drug-likeness (QED) is 0.880. The Morgan fingerprint density at radius 1 is 1.28 bits per heavy atom. The van der Waals surface area contributed by atoms with Crippen molar-refractivity contribution in [3.8, 4) is 11.5 Å². The zero-order valence-electron chi connectivity index (χ0n) is 11.1. The standard InChI is InChI=1S/C14H21NO3/c1-16-13-4-3-11(8-14(13)17-2)7-12-9-15-5-6-18-10-12/h3-4,8,12,15H,5-7,9-10H2,1-2H3. The van der Waals surface area contributed by atoms with Crippen LogP contribution in [0.15, 0.2) is 18.2 Å². The summed E-state index contributed by atoms with van der Waals surface area (Å²) in [5, 5.41) is 3.39. The molecule has 18 heavy (non-hydrogen) atoms. The first kappa shape index (κ1) is 13.2. The van der Waals surface area contributed by atoms with Crippen LogP contribution in [0.3, 0.4) is 0 Å². The minimum Gasteiger partial charge on any atom is -0.493 e. The van der Waals surface area contributed by atoms with Gasteiger partial charge in [-0.2, -0.15) is 0 Å². The summed E-state index contributed by atoms with van der Waals surface area (Å²) in [4.78, 5) is 0. The van der Waals surface area contributed by atoms with E-state index < -0.39 is 0 Å². The second-order valence-electron chi connectivity index (χ2n) is 4.54. The predicted molar refractivity (Wildman–Crippen MR) is 70.4 cm³/mol. The van der Waals surface area contributed by atoms with Crippen LogP contribution >= 0.6 is 0 Å². The number of hydrogen-bond acceptors (Lipinski definition) is 4. The zero-order valence-corrected chi connectivity index (χ0v) is 11.1. The van der Waals surface area contributed by atoms with Gasteiger partial charge in [-0.1, -0.05) is 6.07 Å². The van der Waals surface area contributed by atoms with Crippen LogP contribution < -0.4 is 14.8 Å².